The van der Waals surface area contributed by atoms with E-state index >= 15 is 0 Å². The number of likely N-dealkylation sites (N-methyl/N-ethyl adjacent to an activating group) is 1. The van der Waals surface area contributed by atoms with Crippen molar-refractivity contribution in [3.05, 3.63) is 100 Å². The van der Waals surface area contributed by atoms with Crippen LogP contribution in [0, 0.1) is 20.8 Å². The highest BCUT2D eigenvalue weighted by molar-refractivity contribution is 5.87. The van der Waals surface area contributed by atoms with Gasteiger partial charge in [0.15, 0.2) is 0 Å². The smallest absolute Gasteiger partial charge is 0.0410 e. The molecule has 0 saturated carbocycles. The molecule has 0 saturated heterocycles. The third kappa shape index (κ3) is 4.20. The number of anilines is 1. The number of hydrogen-bond acceptors (Lipinski definition) is 2. The van der Waals surface area contributed by atoms with Crippen molar-refractivity contribution in [2.45, 2.75) is 33.2 Å². The van der Waals surface area contributed by atoms with E-state index < -0.39 is 0 Å². The van der Waals surface area contributed by atoms with Crippen LogP contribution >= 0.6 is 0 Å². The van der Waals surface area contributed by atoms with Gasteiger partial charge in [0.05, 0.1) is 0 Å². The highest BCUT2D eigenvalue weighted by Gasteiger charge is 2.18. The van der Waals surface area contributed by atoms with Crippen LogP contribution in [-0.2, 0) is 6.54 Å². The summed E-state index contributed by atoms with van der Waals surface area (Å²) >= 11 is 0. The third-order valence-electron chi connectivity index (χ3n) is 5.96. The second kappa shape index (κ2) is 8.49. The maximum atomic E-state index is 3.77. The summed E-state index contributed by atoms with van der Waals surface area (Å²) in [6.07, 6.45) is 7.04. The average Bonchev–Trinajstić information content (AvgIpc) is 3.14. The number of aryl methyl sites for hydroxylation is 3. The Morgan fingerprint density at radius 3 is 2.40 bits per heavy atom. The van der Waals surface area contributed by atoms with Gasteiger partial charge in [-0.2, -0.15) is 0 Å². The molecule has 1 atom stereocenters. The van der Waals surface area contributed by atoms with Crippen LogP contribution in [0.3, 0.4) is 0 Å². The number of nitrogens with one attached hydrogen (secondary N) is 1. The molecule has 1 aliphatic carbocycles. The zero-order chi connectivity index (χ0) is 21.3. The third-order valence-corrected chi connectivity index (χ3v) is 5.96. The van der Waals surface area contributed by atoms with Crippen molar-refractivity contribution in [3.8, 4) is 0 Å². The molecule has 0 amide bonds. The van der Waals surface area contributed by atoms with Gasteiger partial charge in [0.1, 0.15) is 0 Å². The van der Waals surface area contributed by atoms with Gasteiger partial charge in [-0.3, -0.25) is 0 Å². The van der Waals surface area contributed by atoms with Crippen LogP contribution in [0.5, 0.6) is 0 Å². The van der Waals surface area contributed by atoms with Crippen LogP contribution in [0.2, 0.25) is 0 Å². The van der Waals surface area contributed by atoms with Crippen LogP contribution in [0.15, 0.2) is 72.3 Å². The van der Waals surface area contributed by atoms with E-state index in [2.05, 4.69) is 112 Å². The maximum Gasteiger partial charge on any atom is 0.0410 e. The normalized spacial score (nSPS) is 15.8. The molecule has 0 radical (unpaired) electrons. The molecule has 3 aromatic rings. The topological polar surface area (TPSA) is 15.3 Å². The number of nitrogens with zero attached hydrogens (tertiary/aromatic N) is 1. The molecule has 0 aromatic heterocycles. The van der Waals surface area contributed by atoms with E-state index in [1.54, 1.807) is 0 Å². The number of hydrogen-bond donors (Lipinski definition) is 1. The van der Waals surface area contributed by atoms with Gasteiger partial charge in [-0.05, 0) is 73.5 Å². The van der Waals surface area contributed by atoms with E-state index in [0.717, 1.165) is 13.1 Å². The van der Waals surface area contributed by atoms with Gasteiger partial charge < -0.3 is 10.2 Å². The van der Waals surface area contributed by atoms with Crippen molar-refractivity contribution in [2.24, 2.45) is 0 Å². The van der Waals surface area contributed by atoms with E-state index in [1.165, 1.54) is 49.9 Å². The molecule has 0 fully saturated rings. The zero-order valence-electron chi connectivity index (χ0n) is 18.8. The summed E-state index contributed by atoms with van der Waals surface area (Å²) in [5.41, 5.74) is 9.37. The summed E-state index contributed by atoms with van der Waals surface area (Å²) < 4.78 is 0. The lowest BCUT2D eigenvalue weighted by atomic mass is 9.90. The second-order valence-corrected chi connectivity index (χ2v) is 8.85. The van der Waals surface area contributed by atoms with Crippen LogP contribution in [-0.4, -0.2) is 25.5 Å². The molecule has 4 rings (SSSR count). The predicted molar refractivity (Wildman–Crippen MR) is 130 cm³/mol. The molecule has 1 N–H and O–H groups in total. The van der Waals surface area contributed by atoms with Crippen molar-refractivity contribution in [1.82, 2.24) is 4.90 Å². The molecule has 1 aliphatic rings. The fourth-order valence-corrected chi connectivity index (χ4v) is 4.73. The largest absolute Gasteiger partial charge is 0.381 e. The summed E-state index contributed by atoms with van der Waals surface area (Å²) in [6, 6.07) is 17.8. The highest BCUT2D eigenvalue weighted by Crippen LogP contribution is 2.34. The molecule has 0 bridgehead atoms. The monoisotopic (exact) mass is 396 g/mol. The van der Waals surface area contributed by atoms with Crippen molar-refractivity contribution in [2.75, 3.05) is 26.0 Å². The Morgan fingerprint density at radius 2 is 1.67 bits per heavy atom. The maximum absolute atomic E-state index is 3.77. The SMILES string of the molecule is Cc1cc(C)c(NCc2c(C3C=CC(CN(C)C)=C3)ccc3ccccc23)c(C)c1. The molecular weight excluding hydrogens is 364 g/mol. The Kier molecular flexibility index (Phi) is 5.78. The van der Waals surface area contributed by atoms with Gasteiger partial charge in [-0.15, -0.1) is 0 Å². The van der Waals surface area contributed by atoms with E-state index in [1.807, 2.05) is 0 Å². The fraction of sp³-hybridized carbons (Fsp3) is 0.286. The minimum atomic E-state index is 0.335. The Balaban J connectivity index is 1.72. The summed E-state index contributed by atoms with van der Waals surface area (Å²) in [5.74, 6) is 0.335. The summed E-state index contributed by atoms with van der Waals surface area (Å²) in [6.45, 7) is 8.36. The summed E-state index contributed by atoms with van der Waals surface area (Å²) in [4.78, 5) is 2.23. The second-order valence-electron chi connectivity index (χ2n) is 8.85. The van der Waals surface area contributed by atoms with Crippen LogP contribution < -0.4 is 5.32 Å². The fourth-order valence-electron chi connectivity index (χ4n) is 4.73. The molecule has 0 aliphatic heterocycles. The van der Waals surface area contributed by atoms with Gasteiger partial charge in [0.25, 0.3) is 0 Å². The van der Waals surface area contributed by atoms with Crippen molar-refractivity contribution < 1.29 is 0 Å². The van der Waals surface area contributed by atoms with Gasteiger partial charge in [0.2, 0.25) is 0 Å². The van der Waals surface area contributed by atoms with Gasteiger partial charge in [-0.1, -0.05) is 72.3 Å². The molecule has 154 valence electrons. The number of allylic oxidation sites excluding steroid dienone is 2. The van der Waals surface area contributed by atoms with Gasteiger partial charge in [0, 0.05) is 24.7 Å². The quantitative estimate of drug-likeness (QED) is 0.510. The van der Waals surface area contributed by atoms with Gasteiger partial charge in [-0.25, -0.2) is 0 Å². The first-order valence-corrected chi connectivity index (χ1v) is 10.8. The average molecular weight is 397 g/mol. The molecule has 0 spiro atoms. The van der Waals surface area contributed by atoms with Crippen LogP contribution in [0.25, 0.3) is 10.8 Å². The zero-order valence-corrected chi connectivity index (χ0v) is 18.8. The van der Waals surface area contributed by atoms with Crippen LogP contribution in [0.4, 0.5) is 5.69 Å². The van der Waals surface area contributed by atoms with E-state index in [-0.39, 0.29) is 0 Å². The number of rotatable bonds is 6. The van der Waals surface area contributed by atoms with E-state index in [0.29, 0.717) is 5.92 Å². The molecule has 2 heteroatoms. The Labute approximate surface area is 180 Å². The minimum Gasteiger partial charge on any atom is -0.381 e. The first-order valence-electron chi connectivity index (χ1n) is 10.8. The molecular formula is C28H32N2. The molecule has 1 unspecified atom stereocenters. The Bertz CT molecular complexity index is 1110. The van der Waals surface area contributed by atoms with Crippen molar-refractivity contribution in [1.29, 1.82) is 0 Å². The predicted octanol–water partition coefficient (Wildman–Crippen LogP) is 6.52. The van der Waals surface area contributed by atoms with E-state index in [4.69, 9.17) is 0 Å². The first kappa shape index (κ1) is 20.4. The number of benzene rings is 3. The number of fused-ring (bicyclic) bond motifs is 1. The lowest BCUT2D eigenvalue weighted by molar-refractivity contribution is 0.449. The Morgan fingerprint density at radius 1 is 0.933 bits per heavy atom. The summed E-state index contributed by atoms with van der Waals surface area (Å²) in [7, 11) is 4.25. The van der Waals surface area contributed by atoms with Gasteiger partial charge >= 0.3 is 0 Å². The molecule has 3 aromatic carbocycles. The standard InChI is InChI=1S/C28H32N2/c1-19-14-20(2)28(21(3)15-19)29-17-27-25-9-7-6-8-23(25)12-13-26(27)24-11-10-22(16-24)18-30(4)5/h6-16,24,29H,17-18H2,1-5H3. The molecule has 30 heavy (non-hydrogen) atoms. The summed E-state index contributed by atoms with van der Waals surface area (Å²) in [5, 5.41) is 6.41. The van der Waals surface area contributed by atoms with Crippen molar-refractivity contribution >= 4 is 16.5 Å². The first-order chi connectivity index (χ1) is 14.4. The highest BCUT2D eigenvalue weighted by atomic mass is 15.0. The van der Waals surface area contributed by atoms with Crippen LogP contribution in [0.1, 0.15) is 33.7 Å². The molecule has 2 nitrogen and oxygen atoms in total. The lowest BCUT2D eigenvalue weighted by Gasteiger charge is -2.19. The lowest BCUT2D eigenvalue weighted by Crippen LogP contribution is -2.13. The Hall–Kier alpha value is -2.84. The van der Waals surface area contributed by atoms with E-state index in [9.17, 15) is 0 Å². The van der Waals surface area contributed by atoms with Crippen molar-refractivity contribution in [3.63, 3.8) is 0 Å². The molecule has 0 heterocycles. The minimum absolute atomic E-state index is 0.335.